The lowest BCUT2D eigenvalue weighted by molar-refractivity contribution is -0.120. The summed E-state index contributed by atoms with van der Waals surface area (Å²) in [5.74, 6) is 0.109. The molecule has 0 bridgehead atoms. The topological polar surface area (TPSA) is 80.8 Å². The van der Waals surface area contributed by atoms with Crippen LogP contribution >= 0.6 is 11.6 Å². The highest BCUT2D eigenvalue weighted by Gasteiger charge is 2.32. The Morgan fingerprint density at radius 3 is 2.86 bits per heavy atom. The Morgan fingerprint density at radius 2 is 2.23 bits per heavy atom. The molecule has 1 N–H and O–H groups in total. The fraction of sp³-hybridized carbons (Fsp3) is 0.500. The number of anilines is 1. The second-order valence-electron chi connectivity index (χ2n) is 5.88. The molecule has 22 heavy (non-hydrogen) atoms. The van der Waals surface area contributed by atoms with Crippen LogP contribution in [0.25, 0.3) is 0 Å². The first-order chi connectivity index (χ1) is 10.2. The number of nitrogens with zero attached hydrogens (tertiary/aromatic N) is 2. The quantitative estimate of drug-likeness (QED) is 0.798. The number of fused-ring (bicyclic) bond motifs is 1. The molecule has 1 aliphatic heterocycles. The van der Waals surface area contributed by atoms with Crippen LogP contribution in [0.2, 0.25) is 5.15 Å². The molecular weight excluding hydrogens is 310 g/mol. The molecule has 0 fully saturated rings. The molecule has 2 rings (SSSR count). The molecule has 2 heterocycles. The Kier molecular flexibility index (Phi) is 4.46. The van der Waals surface area contributed by atoms with Gasteiger partial charge in [-0.05, 0) is 20.8 Å². The van der Waals surface area contributed by atoms with Crippen molar-refractivity contribution in [3.05, 3.63) is 17.4 Å². The molecule has 1 aromatic heterocycles. The highest BCUT2D eigenvalue weighted by atomic mass is 35.5. The smallest absolute Gasteiger partial charge is 0.408 e. The highest BCUT2D eigenvalue weighted by Crippen LogP contribution is 2.31. The van der Waals surface area contributed by atoms with Crippen molar-refractivity contribution in [3.8, 4) is 5.75 Å². The van der Waals surface area contributed by atoms with E-state index in [4.69, 9.17) is 21.1 Å². The van der Waals surface area contributed by atoms with Crippen LogP contribution in [0.3, 0.4) is 0 Å². The molecule has 1 aliphatic rings. The van der Waals surface area contributed by atoms with Crippen molar-refractivity contribution in [1.29, 1.82) is 0 Å². The van der Waals surface area contributed by atoms with Gasteiger partial charge in [-0.2, -0.15) is 0 Å². The lowest BCUT2D eigenvalue weighted by Gasteiger charge is -2.23. The Hall–Kier alpha value is -2.02. The van der Waals surface area contributed by atoms with E-state index in [0.29, 0.717) is 11.4 Å². The summed E-state index contributed by atoms with van der Waals surface area (Å²) in [6.45, 7) is 5.21. The number of alkyl carbamates (subject to hydrolysis) is 1. The van der Waals surface area contributed by atoms with E-state index in [9.17, 15) is 9.59 Å². The summed E-state index contributed by atoms with van der Waals surface area (Å²) in [5, 5.41) is 2.78. The van der Waals surface area contributed by atoms with E-state index in [1.165, 1.54) is 17.2 Å². The van der Waals surface area contributed by atoms with Gasteiger partial charge in [-0.1, -0.05) is 11.6 Å². The van der Waals surface area contributed by atoms with Crippen LogP contribution in [0.5, 0.6) is 5.75 Å². The maximum absolute atomic E-state index is 12.4. The second-order valence-corrected chi connectivity index (χ2v) is 6.27. The molecule has 2 amide bonds. The van der Waals surface area contributed by atoms with E-state index in [2.05, 4.69) is 10.3 Å². The van der Waals surface area contributed by atoms with Gasteiger partial charge in [-0.25, -0.2) is 9.78 Å². The van der Waals surface area contributed by atoms with E-state index in [1.807, 2.05) is 0 Å². The standard InChI is InChI=1S/C14H18ClN3O4/c1-14(2,3)22-13(20)17-8-7-21-10-5-11(15)16-6-9(10)18(4)12(8)19/h5-6,8H,7H2,1-4H3,(H,17,20)/t8-/m0/s1. The second kappa shape index (κ2) is 6.00. The molecule has 0 radical (unpaired) electrons. The largest absolute Gasteiger partial charge is 0.489 e. The average molecular weight is 328 g/mol. The molecule has 1 aromatic rings. The number of carbonyl (C=O) groups is 2. The average Bonchev–Trinajstić information content (AvgIpc) is 2.49. The molecule has 0 saturated heterocycles. The van der Waals surface area contributed by atoms with Gasteiger partial charge in [0, 0.05) is 13.1 Å². The summed E-state index contributed by atoms with van der Waals surface area (Å²) in [6, 6.07) is 0.669. The summed E-state index contributed by atoms with van der Waals surface area (Å²) < 4.78 is 10.7. The van der Waals surface area contributed by atoms with Crippen molar-refractivity contribution < 1.29 is 19.1 Å². The van der Waals surface area contributed by atoms with E-state index in [0.717, 1.165) is 0 Å². The maximum Gasteiger partial charge on any atom is 0.408 e. The van der Waals surface area contributed by atoms with Gasteiger partial charge >= 0.3 is 6.09 Å². The van der Waals surface area contributed by atoms with Crippen LogP contribution in [0.1, 0.15) is 20.8 Å². The minimum Gasteiger partial charge on any atom is -0.489 e. The van der Waals surface area contributed by atoms with Crippen molar-refractivity contribution in [2.45, 2.75) is 32.4 Å². The molecule has 8 heteroatoms. The van der Waals surface area contributed by atoms with Crippen LogP contribution in [0.4, 0.5) is 10.5 Å². The number of hydrogen-bond donors (Lipinski definition) is 1. The number of hydrogen-bond acceptors (Lipinski definition) is 5. The summed E-state index contributed by atoms with van der Waals surface area (Å²) in [6.07, 6.45) is 0.774. The third-order valence-electron chi connectivity index (χ3n) is 2.90. The minimum atomic E-state index is -0.856. The van der Waals surface area contributed by atoms with Gasteiger partial charge in [-0.15, -0.1) is 0 Å². The Balaban J connectivity index is 2.14. The SMILES string of the molecule is CN1C(=O)[C@@H](NC(=O)OC(C)(C)C)COc2cc(Cl)ncc21. The summed E-state index contributed by atoms with van der Waals surface area (Å²) in [4.78, 5) is 29.5. The van der Waals surface area contributed by atoms with Gasteiger partial charge in [0.25, 0.3) is 5.91 Å². The number of amides is 2. The molecule has 0 unspecified atom stereocenters. The van der Waals surface area contributed by atoms with Crippen LogP contribution in [0.15, 0.2) is 12.3 Å². The molecule has 7 nitrogen and oxygen atoms in total. The van der Waals surface area contributed by atoms with Crippen LogP contribution < -0.4 is 15.0 Å². The molecular formula is C14H18ClN3O4. The number of nitrogens with one attached hydrogen (secondary N) is 1. The molecule has 0 aliphatic carbocycles. The number of halogens is 1. The van der Waals surface area contributed by atoms with Crippen LogP contribution in [0, 0.1) is 0 Å². The van der Waals surface area contributed by atoms with E-state index < -0.39 is 17.7 Å². The molecule has 1 atom stereocenters. The van der Waals surface area contributed by atoms with Gasteiger partial charge in [0.2, 0.25) is 0 Å². The molecule has 0 aromatic carbocycles. The first kappa shape index (κ1) is 16.4. The molecule has 120 valence electrons. The monoisotopic (exact) mass is 327 g/mol. The number of ether oxygens (including phenoxy) is 2. The third-order valence-corrected chi connectivity index (χ3v) is 3.11. The number of rotatable bonds is 1. The van der Waals surface area contributed by atoms with Crippen LogP contribution in [-0.4, -0.2) is 42.3 Å². The maximum atomic E-state index is 12.4. The number of pyridine rings is 1. The summed E-state index contributed by atoms with van der Waals surface area (Å²) in [7, 11) is 1.58. The van der Waals surface area contributed by atoms with Crippen molar-refractivity contribution in [3.63, 3.8) is 0 Å². The summed E-state index contributed by atoms with van der Waals surface area (Å²) in [5.41, 5.74) is -0.159. The molecule has 0 spiro atoms. The zero-order valence-electron chi connectivity index (χ0n) is 12.8. The zero-order valence-corrected chi connectivity index (χ0v) is 13.6. The number of aromatic nitrogens is 1. The number of likely N-dealkylation sites (N-methyl/N-ethyl adjacent to an activating group) is 1. The van der Waals surface area contributed by atoms with Gasteiger partial charge in [0.05, 0.1) is 6.20 Å². The van der Waals surface area contributed by atoms with Crippen LogP contribution in [-0.2, 0) is 9.53 Å². The van der Waals surface area contributed by atoms with Gasteiger partial charge < -0.3 is 19.7 Å². The van der Waals surface area contributed by atoms with Crippen molar-refractivity contribution in [2.75, 3.05) is 18.6 Å². The third kappa shape index (κ3) is 3.79. The fourth-order valence-corrected chi connectivity index (χ4v) is 2.07. The summed E-state index contributed by atoms with van der Waals surface area (Å²) >= 11 is 5.82. The highest BCUT2D eigenvalue weighted by molar-refractivity contribution is 6.29. The van der Waals surface area contributed by atoms with E-state index in [1.54, 1.807) is 27.8 Å². The Bertz CT molecular complexity index is 600. The first-order valence-corrected chi connectivity index (χ1v) is 7.10. The lowest BCUT2D eigenvalue weighted by Crippen LogP contribution is -2.50. The van der Waals surface area contributed by atoms with Crippen molar-refractivity contribution in [2.24, 2.45) is 0 Å². The normalized spacial score (nSPS) is 18.1. The fourth-order valence-electron chi connectivity index (χ4n) is 1.92. The lowest BCUT2D eigenvalue weighted by atomic mass is 10.2. The predicted molar refractivity (Wildman–Crippen MR) is 81.3 cm³/mol. The Morgan fingerprint density at radius 1 is 1.55 bits per heavy atom. The number of carbonyl (C=O) groups excluding carboxylic acids is 2. The van der Waals surface area contributed by atoms with E-state index >= 15 is 0 Å². The zero-order chi connectivity index (χ0) is 16.5. The van der Waals surface area contributed by atoms with Gasteiger partial charge in [0.15, 0.2) is 0 Å². The predicted octanol–water partition coefficient (Wildman–Crippen LogP) is 1.98. The van der Waals surface area contributed by atoms with Crippen molar-refractivity contribution >= 4 is 29.3 Å². The van der Waals surface area contributed by atoms with E-state index in [-0.39, 0.29) is 17.7 Å². The first-order valence-electron chi connectivity index (χ1n) is 6.73. The minimum absolute atomic E-state index is 0.0181. The van der Waals surface area contributed by atoms with Gasteiger partial charge in [0.1, 0.15) is 34.8 Å². The molecule has 0 saturated carbocycles. The Labute approximate surface area is 133 Å². The van der Waals surface area contributed by atoms with Crippen molar-refractivity contribution in [1.82, 2.24) is 10.3 Å². The van der Waals surface area contributed by atoms with Gasteiger partial charge in [-0.3, -0.25) is 4.79 Å².